The van der Waals surface area contributed by atoms with Gasteiger partial charge < -0.3 is 4.98 Å². The van der Waals surface area contributed by atoms with E-state index in [9.17, 15) is 4.39 Å². The van der Waals surface area contributed by atoms with Crippen LogP contribution in [-0.2, 0) is 0 Å². The molecule has 3 heteroatoms. The largest absolute Gasteiger partial charge is 0.361 e. The van der Waals surface area contributed by atoms with E-state index in [1.165, 1.54) is 6.07 Å². The molecular formula is C8H5BFN. The van der Waals surface area contributed by atoms with E-state index in [0.29, 0.717) is 0 Å². The van der Waals surface area contributed by atoms with Crippen molar-refractivity contribution in [1.29, 1.82) is 0 Å². The predicted molar refractivity (Wildman–Crippen MR) is 43.6 cm³/mol. The monoisotopic (exact) mass is 145 g/mol. The number of H-pyrrole nitrogens is 1. The lowest BCUT2D eigenvalue weighted by molar-refractivity contribution is 0.637. The van der Waals surface area contributed by atoms with Gasteiger partial charge in [-0.1, -0.05) is 5.46 Å². The predicted octanol–water partition coefficient (Wildman–Crippen LogP) is 1.10. The number of hydrogen-bond donors (Lipinski definition) is 1. The van der Waals surface area contributed by atoms with Gasteiger partial charge in [-0.2, -0.15) is 0 Å². The van der Waals surface area contributed by atoms with Crippen LogP contribution in [0, 0.1) is 5.82 Å². The Balaban J connectivity index is 2.93. The summed E-state index contributed by atoms with van der Waals surface area (Å²) in [7, 11) is 5.47. The number of fused-ring (bicyclic) bond motifs is 1. The zero-order valence-corrected chi connectivity index (χ0v) is 5.76. The normalized spacial score (nSPS) is 10.6. The molecule has 2 rings (SSSR count). The number of hydrogen-bond acceptors (Lipinski definition) is 0. The van der Waals surface area contributed by atoms with Crippen LogP contribution in [0.25, 0.3) is 10.9 Å². The molecule has 0 aliphatic rings. The lowest BCUT2D eigenvalue weighted by Crippen LogP contribution is -2.08. The van der Waals surface area contributed by atoms with Crippen LogP contribution in [0.1, 0.15) is 0 Å². The fraction of sp³-hybridized carbons (Fsp3) is 0. The molecule has 0 aliphatic carbocycles. The first-order valence-electron chi connectivity index (χ1n) is 3.30. The average molecular weight is 145 g/mol. The van der Waals surface area contributed by atoms with Gasteiger partial charge in [-0.15, -0.1) is 0 Å². The number of aromatic nitrogens is 1. The first kappa shape index (κ1) is 6.46. The molecule has 2 radical (unpaired) electrons. The Morgan fingerprint density at radius 3 is 2.91 bits per heavy atom. The Bertz CT molecular complexity index is 394. The molecule has 1 N–H and O–H groups in total. The third-order valence-electron chi connectivity index (χ3n) is 1.72. The van der Waals surface area contributed by atoms with Crippen molar-refractivity contribution >= 4 is 24.2 Å². The van der Waals surface area contributed by atoms with Gasteiger partial charge in [-0.3, -0.25) is 0 Å². The standard InChI is InChI=1S/C8H5BFN/c9-8-5-3-4-11-7(5)2-1-6(8)10/h1-4,11H. The van der Waals surface area contributed by atoms with Gasteiger partial charge in [0.25, 0.3) is 0 Å². The summed E-state index contributed by atoms with van der Waals surface area (Å²) in [5, 5.41) is 0.741. The molecule has 1 heterocycles. The summed E-state index contributed by atoms with van der Waals surface area (Å²) < 4.78 is 12.8. The average Bonchev–Trinajstić information content (AvgIpc) is 2.45. The Labute approximate surface area is 64.6 Å². The van der Waals surface area contributed by atoms with Gasteiger partial charge in [0.05, 0.1) is 0 Å². The highest BCUT2D eigenvalue weighted by atomic mass is 19.1. The first-order chi connectivity index (χ1) is 5.29. The number of aromatic amines is 1. The third kappa shape index (κ3) is 0.844. The summed E-state index contributed by atoms with van der Waals surface area (Å²) in [5.41, 5.74) is 1.08. The summed E-state index contributed by atoms with van der Waals surface area (Å²) in [5.74, 6) is -0.364. The van der Waals surface area contributed by atoms with Crippen molar-refractivity contribution in [2.45, 2.75) is 0 Å². The van der Waals surface area contributed by atoms with Crippen LogP contribution >= 0.6 is 0 Å². The van der Waals surface area contributed by atoms with Crippen molar-refractivity contribution in [3.8, 4) is 0 Å². The number of rotatable bonds is 0. The maximum absolute atomic E-state index is 12.8. The quantitative estimate of drug-likeness (QED) is 0.534. The Morgan fingerprint density at radius 1 is 1.27 bits per heavy atom. The van der Waals surface area contributed by atoms with Crippen LogP contribution in [0.5, 0.6) is 0 Å². The molecule has 0 unspecified atom stereocenters. The minimum Gasteiger partial charge on any atom is -0.361 e. The van der Waals surface area contributed by atoms with Gasteiger partial charge in [0.15, 0.2) is 0 Å². The fourth-order valence-corrected chi connectivity index (χ4v) is 1.13. The van der Waals surface area contributed by atoms with Crippen LogP contribution < -0.4 is 5.46 Å². The smallest absolute Gasteiger partial charge is 0.118 e. The van der Waals surface area contributed by atoms with Crippen LogP contribution in [0.4, 0.5) is 4.39 Å². The molecule has 11 heavy (non-hydrogen) atoms. The SMILES string of the molecule is [B]c1c(F)ccc2[nH]ccc12. The highest BCUT2D eigenvalue weighted by Gasteiger charge is 2.01. The molecule has 1 aromatic carbocycles. The molecule has 0 aliphatic heterocycles. The van der Waals surface area contributed by atoms with Crippen LogP contribution in [0.2, 0.25) is 0 Å². The van der Waals surface area contributed by atoms with Crippen molar-refractivity contribution in [3.63, 3.8) is 0 Å². The molecule has 0 bridgehead atoms. The highest BCUT2D eigenvalue weighted by molar-refractivity contribution is 6.38. The second kappa shape index (κ2) is 2.12. The molecule has 1 nitrogen and oxygen atoms in total. The van der Waals surface area contributed by atoms with Gasteiger partial charge in [0.1, 0.15) is 13.7 Å². The molecule has 1 aromatic heterocycles. The molecule has 0 spiro atoms. The van der Waals surface area contributed by atoms with Gasteiger partial charge in [0, 0.05) is 11.7 Å². The van der Waals surface area contributed by atoms with Gasteiger partial charge in [0.2, 0.25) is 0 Å². The maximum Gasteiger partial charge on any atom is 0.118 e. The Kier molecular flexibility index (Phi) is 1.25. The molecule has 0 amide bonds. The van der Waals surface area contributed by atoms with Crippen LogP contribution in [0.3, 0.4) is 0 Å². The first-order valence-corrected chi connectivity index (χ1v) is 3.30. The second-order valence-electron chi connectivity index (χ2n) is 2.40. The van der Waals surface area contributed by atoms with Crippen molar-refractivity contribution in [1.82, 2.24) is 4.98 Å². The molecule has 2 aromatic rings. The number of benzene rings is 1. The molecule has 0 saturated carbocycles. The highest BCUT2D eigenvalue weighted by Crippen LogP contribution is 2.09. The van der Waals surface area contributed by atoms with Crippen molar-refractivity contribution in [3.05, 3.63) is 30.2 Å². The van der Waals surface area contributed by atoms with Crippen LogP contribution in [-0.4, -0.2) is 12.8 Å². The van der Waals surface area contributed by atoms with Crippen LogP contribution in [0.15, 0.2) is 24.4 Å². The van der Waals surface area contributed by atoms with E-state index in [-0.39, 0.29) is 11.3 Å². The summed E-state index contributed by atoms with van der Waals surface area (Å²) in [6.45, 7) is 0. The summed E-state index contributed by atoms with van der Waals surface area (Å²) in [4.78, 5) is 2.94. The zero-order valence-electron chi connectivity index (χ0n) is 5.76. The lowest BCUT2D eigenvalue weighted by atomic mass is 9.92. The summed E-state index contributed by atoms with van der Waals surface area (Å²) >= 11 is 0. The van der Waals surface area contributed by atoms with Gasteiger partial charge in [-0.05, 0) is 23.6 Å². The van der Waals surface area contributed by atoms with Crippen molar-refractivity contribution < 1.29 is 4.39 Å². The maximum atomic E-state index is 12.8. The van der Waals surface area contributed by atoms with E-state index in [2.05, 4.69) is 4.98 Å². The lowest BCUT2D eigenvalue weighted by Gasteiger charge is -1.96. The molecular weight excluding hydrogens is 140 g/mol. The zero-order chi connectivity index (χ0) is 7.84. The minimum absolute atomic E-state index is 0.212. The third-order valence-corrected chi connectivity index (χ3v) is 1.72. The van der Waals surface area contributed by atoms with E-state index in [0.717, 1.165) is 10.9 Å². The van der Waals surface area contributed by atoms with Crippen molar-refractivity contribution in [2.24, 2.45) is 0 Å². The number of nitrogens with one attached hydrogen (secondary N) is 1. The summed E-state index contributed by atoms with van der Waals surface area (Å²) in [6.07, 6.45) is 1.74. The molecule has 52 valence electrons. The van der Waals surface area contributed by atoms with E-state index in [1.807, 2.05) is 0 Å². The van der Waals surface area contributed by atoms with E-state index < -0.39 is 0 Å². The van der Waals surface area contributed by atoms with E-state index in [4.69, 9.17) is 7.85 Å². The minimum atomic E-state index is -0.364. The molecule has 0 saturated heterocycles. The van der Waals surface area contributed by atoms with Gasteiger partial charge in [-0.25, -0.2) is 4.39 Å². The topological polar surface area (TPSA) is 15.8 Å². The Morgan fingerprint density at radius 2 is 2.09 bits per heavy atom. The molecule has 0 atom stereocenters. The number of halogens is 1. The Hall–Kier alpha value is -1.25. The van der Waals surface area contributed by atoms with E-state index >= 15 is 0 Å². The second-order valence-corrected chi connectivity index (χ2v) is 2.40. The van der Waals surface area contributed by atoms with Gasteiger partial charge >= 0.3 is 0 Å². The molecule has 0 fully saturated rings. The van der Waals surface area contributed by atoms with E-state index in [1.54, 1.807) is 18.3 Å². The summed E-state index contributed by atoms with van der Waals surface area (Å²) in [6, 6.07) is 4.78. The fourth-order valence-electron chi connectivity index (χ4n) is 1.13. The van der Waals surface area contributed by atoms with Crippen molar-refractivity contribution in [2.75, 3.05) is 0 Å².